The molecule has 0 unspecified atom stereocenters. The van der Waals surface area contributed by atoms with Gasteiger partial charge in [-0.3, -0.25) is 0 Å². The molecule has 0 saturated carbocycles. The second kappa shape index (κ2) is 5.61. The van der Waals surface area contributed by atoms with E-state index >= 15 is 0 Å². The normalized spacial score (nSPS) is 16.9. The average molecular weight is 301 g/mol. The van der Waals surface area contributed by atoms with Crippen LogP contribution in [0.25, 0.3) is 0 Å². The maximum Gasteiger partial charge on any atom is 0.182 e. The summed E-state index contributed by atoms with van der Waals surface area (Å²) in [4.78, 5) is 2.15. The first-order valence-electron chi connectivity index (χ1n) is 6.82. The summed E-state index contributed by atoms with van der Waals surface area (Å²) in [5.74, 6) is 1.09. The van der Waals surface area contributed by atoms with E-state index < -0.39 is 9.84 Å². The van der Waals surface area contributed by atoms with Crippen molar-refractivity contribution >= 4 is 21.5 Å². The second-order valence-corrected chi connectivity index (χ2v) is 7.58. The number of anilines is 2. The SMILES string of the molecule is CC(C)Cn1nc(N2CCNCC2)c(S(C)(=O)=O)c1N. The number of hydrogen-bond donors (Lipinski definition) is 2. The van der Waals surface area contributed by atoms with Gasteiger partial charge in [0.25, 0.3) is 0 Å². The largest absolute Gasteiger partial charge is 0.383 e. The van der Waals surface area contributed by atoms with Crippen molar-refractivity contribution in [3.8, 4) is 0 Å². The first kappa shape index (κ1) is 15.1. The Balaban J connectivity index is 2.48. The molecule has 0 aromatic carbocycles. The maximum atomic E-state index is 12.0. The smallest absolute Gasteiger partial charge is 0.182 e. The molecule has 20 heavy (non-hydrogen) atoms. The predicted octanol–water partition coefficient (Wildman–Crippen LogP) is -0.0656. The molecule has 1 aliphatic rings. The lowest BCUT2D eigenvalue weighted by atomic mass is 10.2. The lowest BCUT2D eigenvalue weighted by Crippen LogP contribution is -2.44. The molecule has 0 spiro atoms. The highest BCUT2D eigenvalue weighted by Gasteiger charge is 2.28. The number of rotatable bonds is 4. The third-order valence-corrected chi connectivity index (χ3v) is 4.39. The van der Waals surface area contributed by atoms with Gasteiger partial charge in [0.05, 0.1) is 0 Å². The molecule has 1 aliphatic heterocycles. The molecule has 3 N–H and O–H groups in total. The van der Waals surface area contributed by atoms with E-state index in [-0.39, 0.29) is 10.7 Å². The molecule has 0 amide bonds. The van der Waals surface area contributed by atoms with Gasteiger partial charge in [0.15, 0.2) is 20.6 Å². The fraction of sp³-hybridized carbons (Fsp3) is 0.750. The van der Waals surface area contributed by atoms with Crippen LogP contribution in [0.15, 0.2) is 4.90 Å². The molecule has 7 nitrogen and oxygen atoms in total. The highest BCUT2D eigenvalue weighted by molar-refractivity contribution is 7.91. The zero-order valence-electron chi connectivity index (χ0n) is 12.3. The standard InChI is InChI=1S/C12H23N5O2S/c1-9(2)8-17-11(13)10(20(3,18)19)12(15-17)16-6-4-14-5-7-16/h9,14H,4-8,13H2,1-3H3. The molecule has 0 radical (unpaired) electrons. The van der Waals surface area contributed by atoms with Crippen molar-refractivity contribution in [1.82, 2.24) is 15.1 Å². The van der Waals surface area contributed by atoms with Gasteiger partial charge in [-0.2, -0.15) is 5.10 Å². The summed E-state index contributed by atoms with van der Waals surface area (Å²) in [5, 5.41) is 7.69. The Morgan fingerprint density at radius 3 is 2.45 bits per heavy atom. The van der Waals surface area contributed by atoms with Gasteiger partial charge >= 0.3 is 0 Å². The molecule has 1 aromatic heterocycles. The summed E-state index contributed by atoms with van der Waals surface area (Å²) in [6.07, 6.45) is 1.19. The lowest BCUT2D eigenvalue weighted by molar-refractivity contribution is 0.485. The quantitative estimate of drug-likeness (QED) is 0.809. The Morgan fingerprint density at radius 1 is 1.35 bits per heavy atom. The van der Waals surface area contributed by atoms with Crippen molar-refractivity contribution in [1.29, 1.82) is 0 Å². The van der Waals surface area contributed by atoms with Gasteiger partial charge in [0.2, 0.25) is 0 Å². The van der Waals surface area contributed by atoms with Crippen LogP contribution in [0.5, 0.6) is 0 Å². The summed E-state index contributed by atoms with van der Waals surface area (Å²) >= 11 is 0. The van der Waals surface area contributed by atoms with E-state index in [4.69, 9.17) is 5.73 Å². The monoisotopic (exact) mass is 301 g/mol. The number of piperazine rings is 1. The molecule has 0 aliphatic carbocycles. The van der Waals surface area contributed by atoms with E-state index in [1.165, 1.54) is 6.26 Å². The summed E-state index contributed by atoms with van der Waals surface area (Å²) in [6, 6.07) is 0. The van der Waals surface area contributed by atoms with Crippen molar-refractivity contribution in [2.24, 2.45) is 5.92 Å². The van der Waals surface area contributed by atoms with Crippen LogP contribution in [0, 0.1) is 5.92 Å². The Bertz CT molecular complexity index is 573. The first-order valence-corrected chi connectivity index (χ1v) is 8.72. The number of nitrogen functional groups attached to an aromatic ring is 1. The minimum Gasteiger partial charge on any atom is -0.383 e. The molecule has 0 bridgehead atoms. The number of hydrogen-bond acceptors (Lipinski definition) is 6. The van der Waals surface area contributed by atoms with Gasteiger partial charge in [0, 0.05) is 39.0 Å². The van der Waals surface area contributed by atoms with Crippen molar-refractivity contribution in [3.05, 3.63) is 0 Å². The van der Waals surface area contributed by atoms with Gasteiger partial charge in [-0.05, 0) is 5.92 Å². The van der Waals surface area contributed by atoms with E-state index in [1.54, 1.807) is 4.68 Å². The van der Waals surface area contributed by atoms with E-state index in [0.717, 1.165) is 26.2 Å². The summed E-state index contributed by atoms with van der Waals surface area (Å²) in [5.41, 5.74) is 6.02. The fourth-order valence-electron chi connectivity index (χ4n) is 2.37. The third kappa shape index (κ3) is 3.06. The molecule has 8 heteroatoms. The molecular formula is C12H23N5O2S. The van der Waals surface area contributed by atoms with Gasteiger partial charge in [-0.15, -0.1) is 0 Å². The number of nitrogens with one attached hydrogen (secondary N) is 1. The Morgan fingerprint density at radius 2 is 1.95 bits per heavy atom. The van der Waals surface area contributed by atoms with Gasteiger partial charge in [-0.1, -0.05) is 13.8 Å². The van der Waals surface area contributed by atoms with Gasteiger partial charge in [-0.25, -0.2) is 13.1 Å². The molecule has 2 heterocycles. The van der Waals surface area contributed by atoms with Gasteiger partial charge < -0.3 is 16.0 Å². The number of aromatic nitrogens is 2. The highest BCUT2D eigenvalue weighted by Crippen LogP contribution is 2.30. The van der Waals surface area contributed by atoms with Crippen molar-refractivity contribution < 1.29 is 8.42 Å². The number of nitrogens with zero attached hydrogens (tertiary/aromatic N) is 3. The minimum absolute atomic E-state index is 0.167. The van der Waals surface area contributed by atoms with Crippen molar-refractivity contribution in [2.75, 3.05) is 43.1 Å². The predicted molar refractivity (Wildman–Crippen MR) is 79.7 cm³/mol. The van der Waals surface area contributed by atoms with Crippen LogP contribution in [0.1, 0.15) is 13.8 Å². The van der Waals surface area contributed by atoms with Crippen LogP contribution in [-0.2, 0) is 16.4 Å². The van der Waals surface area contributed by atoms with Gasteiger partial charge in [0.1, 0.15) is 5.82 Å². The molecule has 2 rings (SSSR count). The Kier molecular flexibility index (Phi) is 4.24. The first-order chi connectivity index (χ1) is 9.30. The van der Waals surface area contributed by atoms with Crippen LogP contribution in [0.3, 0.4) is 0 Å². The van der Waals surface area contributed by atoms with Crippen molar-refractivity contribution in [3.63, 3.8) is 0 Å². The Hall–Kier alpha value is -1.28. The maximum absolute atomic E-state index is 12.0. The molecule has 1 fully saturated rings. The van der Waals surface area contributed by atoms with E-state index in [9.17, 15) is 8.42 Å². The fourth-order valence-corrected chi connectivity index (χ4v) is 3.36. The topological polar surface area (TPSA) is 93.2 Å². The lowest BCUT2D eigenvalue weighted by Gasteiger charge is -2.27. The third-order valence-electron chi connectivity index (χ3n) is 3.25. The van der Waals surface area contributed by atoms with E-state index in [0.29, 0.717) is 18.3 Å². The van der Waals surface area contributed by atoms with Crippen molar-refractivity contribution in [2.45, 2.75) is 25.3 Å². The van der Waals surface area contributed by atoms with Crippen LogP contribution in [0.2, 0.25) is 0 Å². The summed E-state index contributed by atoms with van der Waals surface area (Å²) < 4.78 is 25.7. The Labute approximate surface area is 120 Å². The molecule has 114 valence electrons. The molecule has 0 atom stereocenters. The molecule has 1 aromatic rings. The number of sulfone groups is 1. The zero-order chi connectivity index (χ0) is 14.9. The zero-order valence-corrected chi connectivity index (χ0v) is 13.1. The van der Waals surface area contributed by atoms with Crippen LogP contribution in [-0.4, -0.2) is 50.6 Å². The average Bonchev–Trinajstić information content (AvgIpc) is 2.67. The van der Waals surface area contributed by atoms with Crippen LogP contribution in [0.4, 0.5) is 11.6 Å². The molecule has 1 saturated heterocycles. The van der Waals surface area contributed by atoms with E-state index in [2.05, 4.69) is 10.4 Å². The number of nitrogens with two attached hydrogens (primary N) is 1. The summed E-state index contributed by atoms with van der Waals surface area (Å²) in [6.45, 7) is 7.82. The second-order valence-electron chi connectivity index (χ2n) is 5.62. The van der Waals surface area contributed by atoms with Crippen LogP contribution < -0.4 is 16.0 Å². The summed E-state index contributed by atoms with van der Waals surface area (Å²) in [7, 11) is -3.40. The minimum atomic E-state index is -3.40. The van der Waals surface area contributed by atoms with Crippen LogP contribution >= 0.6 is 0 Å². The molecular weight excluding hydrogens is 278 g/mol. The van der Waals surface area contributed by atoms with E-state index in [1.807, 2.05) is 18.7 Å². The highest BCUT2D eigenvalue weighted by atomic mass is 32.2.